The van der Waals surface area contributed by atoms with Gasteiger partial charge in [0, 0.05) is 42.0 Å². The van der Waals surface area contributed by atoms with E-state index in [2.05, 4.69) is 30.2 Å². The second kappa shape index (κ2) is 10.0. The molecule has 0 spiro atoms. The lowest BCUT2D eigenvalue weighted by Crippen LogP contribution is -2.34. The number of pyridine rings is 2. The zero-order valence-corrected chi connectivity index (χ0v) is 20.7. The smallest absolute Gasteiger partial charge is 0.243 e. The Labute approximate surface area is 207 Å². The third-order valence-corrected chi connectivity index (χ3v) is 7.77. The molecule has 3 aromatic heterocycles. The van der Waals surface area contributed by atoms with Crippen molar-refractivity contribution in [3.05, 3.63) is 71.6 Å². The molecule has 0 saturated carbocycles. The van der Waals surface area contributed by atoms with Crippen LogP contribution in [0.4, 0.5) is 5.95 Å². The number of aromatic nitrogens is 5. The summed E-state index contributed by atoms with van der Waals surface area (Å²) in [6, 6.07) is 6.80. The van der Waals surface area contributed by atoms with Crippen LogP contribution in [0.3, 0.4) is 0 Å². The minimum atomic E-state index is -3.99. The van der Waals surface area contributed by atoms with Gasteiger partial charge in [-0.3, -0.25) is 19.3 Å². The number of rotatable bonds is 8. The fourth-order valence-electron chi connectivity index (χ4n) is 3.57. The summed E-state index contributed by atoms with van der Waals surface area (Å²) in [5.74, 6) is -0.0183. The van der Waals surface area contributed by atoms with Gasteiger partial charge in [0.2, 0.25) is 16.0 Å². The third kappa shape index (κ3) is 4.99. The van der Waals surface area contributed by atoms with Crippen molar-refractivity contribution in [2.45, 2.75) is 31.2 Å². The topological polar surface area (TPSA) is 144 Å². The van der Waals surface area contributed by atoms with E-state index in [0.29, 0.717) is 22.0 Å². The quantitative estimate of drug-likeness (QED) is 0.410. The molecule has 0 bridgehead atoms. The standard InChI is InChI=1S/C22H24ClN7O4S/c1-13(17-7-6-16(23)12-26-17)14(2)35(32,33)29-22-28-27-20(15-5-4-9-24-11-15)30(22)19-18(34-3)8-10-25-21(19)31/h4-14,21,25,31H,1-3H3,(H,28,29)/t13-,14-,21?/m0/s1. The average Bonchev–Trinajstić information content (AvgIpc) is 3.26. The Kier molecular flexibility index (Phi) is 7.05. The van der Waals surface area contributed by atoms with Gasteiger partial charge >= 0.3 is 0 Å². The monoisotopic (exact) mass is 517 g/mol. The number of hydrogen-bond donors (Lipinski definition) is 3. The van der Waals surface area contributed by atoms with E-state index in [0.717, 1.165) is 0 Å². The number of aliphatic hydroxyl groups is 1. The Morgan fingerprint density at radius 1 is 1.23 bits per heavy atom. The average molecular weight is 518 g/mol. The van der Waals surface area contributed by atoms with E-state index < -0.39 is 27.4 Å². The van der Waals surface area contributed by atoms with Gasteiger partial charge in [-0.1, -0.05) is 18.5 Å². The van der Waals surface area contributed by atoms with Crippen LogP contribution in [0.1, 0.15) is 25.5 Å². The number of sulfonamides is 1. The molecule has 4 rings (SSSR count). The molecule has 0 amide bonds. The largest absolute Gasteiger partial charge is 0.495 e. The van der Waals surface area contributed by atoms with Crippen LogP contribution in [0, 0.1) is 0 Å². The molecule has 13 heteroatoms. The number of ether oxygens (including phenoxy) is 1. The van der Waals surface area contributed by atoms with Gasteiger partial charge in [0.25, 0.3) is 0 Å². The van der Waals surface area contributed by atoms with Crippen molar-refractivity contribution in [1.82, 2.24) is 30.0 Å². The number of nitrogens with one attached hydrogen (secondary N) is 2. The molecule has 0 saturated heterocycles. The first-order valence-electron chi connectivity index (χ1n) is 10.6. The van der Waals surface area contributed by atoms with E-state index in [-0.39, 0.29) is 17.5 Å². The maximum absolute atomic E-state index is 13.4. The van der Waals surface area contributed by atoms with Crippen LogP contribution in [0.15, 0.2) is 60.9 Å². The second-order valence-corrected chi connectivity index (χ2v) is 10.3. The van der Waals surface area contributed by atoms with E-state index in [9.17, 15) is 13.5 Å². The molecule has 3 aromatic rings. The molecule has 184 valence electrons. The highest BCUT2D eigenvalue weighted by Crippen LogP contribution is 2.31. The predicted molar refractivity (Wildman–Crippen MR) is 131 cm³/mol. The van der Waals surface area contributed by atoms with Gasteiger partial charge in [-0.15, -0.1) is 10.2 Å². The molecule has 0 fully saturated rings. The lowest BCUT2D eigenvalue weighted by atomic mass is 10.0. The molecule has 3 N–H and O–H groups in total. The van der Waals surface area contributed by atoms with Crippen LogP contribution in [-0.2, 0) is 14.8 Å². The minimum absolute atomic E-state index is 0.118. The normalized spacial score (nSPS) is 17.6. The van der Waals surface area contributed by atoms with Crippen molar-refractivity contribution in [2.24, 2.45) is 0 Å². The molecule has 1 unspecified atom stereocenters. The van der Waals surface area contributed by atoms with Gasteiger partial charge in [-0.25, -0.2) is 8.42 Å². The lowest BCUT2D eigenvalue weighted by Gasteiger charge is -2.25. The van der Waals surface area contributed by atoms with Crippen LogP contribution >= 0.6 is 11.6 Å². The van der Waals surface area contributed by atoms with E-state index in [1.807, 2.05) is 0 Å². The van der Waals surface area contributed by atoms with E-state index in [4.69, 9.17) is 16.3 Å². The maximum Gasteiger partial charge on any atom is 0.243 e. The molecule has 1 aliphatic heterocycles. The Balaban J connectivity index is 1.77. The number of dihydropyridines is 1. The van der Waals surface area contributed by atoms with Crippen LogP contribution in [0.25, 0.3) is 17.1 Å². The summed E-state index contributed by atoms with van der Waals surface area (Å²) in [6.45, 7) is 3.34. The number of hydrogen-bond acceptors (Lipinski definition) is 9. The van der Waals surface area contributed by atoms with Crippen LogP contribution in [-0.4, -0.2) is 56.8 Å². The van der Waals surface area contributed by atoms with Gasteiger partial charge in [0.1, 0.15) is 11.5 Å². The third-order valence-electron chi connectivity index (χ3n) is 5.69. The summed E-state index contributed by atoms with van der Waals surface area (Å²) in [6.07, 6.45) is 6.53. The van der Waals surface area contributed by atoms with Crippen LogP contribution in [0.2, 0.25) is 5.02 Å². The van der Waals surface area contributed by atoms with Gasteiger partial charge in [0.05, 0.1) is 17.4 Å². The summed E-state index contributed by atoms with van der Waals surface area (Å²) in [7, 11) is -2.54. The van der Waals surface area contributed by atoms with Crippen LogP contribution in [0.5, 0.6) is 0 Å². The Morgan fingerprint density at radius 2 is 2.03 bits per heavy atom. The van der Waals surface area contributed by atoms with E-state index in [1.54, 1.807) is 56.6 Å². The van der Waals surface area contributed by atoms with Crippen molar-refractivity contribution in [3.8, 4) is 11.4 Å². The summed E-state index contributed by atoms with van der Waals surface area (Å²) < 4.78 is 36.2. The Morgan fingerprint density at radius 3 is 2.69 bits per heavy atom. The molecular formula is C22H24ClN7O4S. The second-order valence-electron chi connectivity index (χ2n) is 7.82. The first-order chi connectivity index (χ1) is 16.7. The molecule has 3 atom stereocenters. The van der Waals surface area contributed by atoms with Gasteiger partial charge in [-0.2, -0.15) is 0 Å². The number of allylic oxidation sites excluding steroid dienone is 1. The molecular weight excluding hydrogens is 494 g/mol. The molecule has 11 nitrogen and oxygen atoms in total. The number of halogens is 1. The number of nitrogens with zero attached hydrogens (tertiary/aromatic N) is 5. The van der Waals surface area contributed by atoms with Crippen molar-refractivity contribution >= 4 is 33.3 Å². The van der Waals surface area contributed by atoms with Crippen molar-refractivity contribution in [2.75, 3.05) is 11.8 Å². The van der Waals surface area contributed by atoms with E-state index in [1.165, 1.54) is 24.1 Å². The first kappa shape index (κ1) is 24.6. The highest BCUT2D eigenvalue weighted by Gasteiger charge is 2.33. The zero-order valence-electron chi connectivity index (χ0n) is 19.1. The highest BCUT2D eigenvalue weighted by molar-refractivity contribution is 7.93. The molecule has 4 heterocycles. The summed E-state index contributed by atoms with van der Waals surface area (Å²) in [4.78, 5) is 8.35. The fourth-order valence-corrected chi connectivity index (χ4v) is 4.93. The number of aliphatic hydroxyl groups excluding tert-OH is 1. The van der Waals surface area contributed by atoms with Crippen LogP contribution < -0.4 is 10.0 Å². The van der Waals surface area contributed by atoms with Gasteiger partial charge in [0.15, 0.2) is 12.1 Å². The fraction of sp³-hybridized carbons (Fsp3) is 0.273. The lowest BCUT2D eigenvalue weighted by molar-refractivity contribution is 0.193. The zero-order chi connectivity index (χ0) is 25.2. The molecule has 35 heavy (non-hydrogen) atoms. The first-order valence-corrected chi connectivity index (χ1v) is 12.5. The Hall–Kier alpha value is -3.48. The molecule has 0 aliphatic carbocycles. The maximum atomic E-state index is 13.4. The van der Waals surface area contributed by atoms with Gasteiger partial charge in [-0.05, 0) is 37.3 Å². The van der Waals surface area contributed by atoms with Gasteiger partial charge < -0.3 is 15.2 Å². The van der Waals surface area contributed by atoms with Crippen molar-refractivity contribution in [3.63, 3.8) is 0 Å². The summed E-state index contributed by atoms with van der Waals surface area (Å²) in [5.41, 5.74) is 1.34. The van der Waals surface area contributed by atoms with E-state index >= 15 is 0 Å². The predicted octanol–water partition coefficient (Wildman–Crippen LogP) is 2.57. The molecule has 0 aromatic carbocycles. The van der Waals surface area contributed by atoms with Crippen molar-refractivity contribution in [1.29, 1.82) is 0 Å². The summed E-state index contributed by atoms with van der Waals surface area (Å²) in [5, 5.41) is 21.3. The van der Waals surface area contributed by atoms with Crippen molar-refractivity contribution < 1.29 is 18.3 Å². The molecule has 1 aliphatic rings. The highest BCUT2D eigenvalue weighted by atomic mass is 35.5. The molecule has 0 radical (unpaired) electrons. The summed E-state index contributed by atoms with van der Waals surface area (Å²) >= 11 is 5.91. The minimum Gasteiger partial charge on any atom is -0.495 e. The Bertz CT molecular complexity index is 1360. The number of methoxy groups -OCH3 is 1. The number of anilines is 1. The SMILES string of the molecule is COC1=C(n2c(NS(=O)(=O)[C@@H](C)[C@H](C)c3ccc(Cl)cn3)nnc2-c2cccnc2)C(O)NC=C1.